The molecule has 0 radical (unpaired) electrons. The van der Waals surface area contributed by atoms with Gasteiger partial charge in [0.05, 0.1) is 0 Å². The van der Waals surface area contributed by atoms with Gasteiger partial charge in [-0.1, -0.05) is 34.6 Å². The molecule has 0 saturated heterocycles. The molecule has 1 aromatic heterocycles. The van der Waals surface area contributed by atoms with E-state index in [1.54, 1.807) is 0 Å². The van der Waals surface area contributed by atoms with Crippen LogP contribution in [-0.2, 0) is 0 Å². The van der Waals surface area contributed by atoms with E-state index < -0.39 is 0 Å². The Bertz CT molecular complexity index is 421. The summed E-state index contributed by atoms with van der Waals surface area (Å²) in [6, 6.07) is 2.16. The van der Waals surface area contributed by atoms with Crippen molar-refractivity contribution in [3.63, 3.8) is 0 Å². The van der Waals surface area contributed by atoms with Gasteiger partial charge >= 0.3 is 0 Å². The van der Waals surface area contributed by atoms with Crippen LogP contribution in [0.25, 0.3) is 0 Å². The molecule has 3 N–H and O–H groups in total. The monoisotopic (exact) mass is 294 g/mol. The van der Waals surface area contributed by atoms with Gasteiger partial charge in [0.2, 0.25) is 0 Å². The molecule has 5 heteroatoms. The minimum absolute atomic E-state index is 0.179. The number of rotatable bonds is 9. The van der Waals surface area contributed by atoms with Crippen molar-refractivity contribution >= 4 is 11.6 Å². The predicted molar refractivity (Wildman–Crippen MR) is 88.9 cm³/mol. The summed E-state index contributed by atoms with van der Waals surface area (Å²) in [5.41, 5.74) is 0. The van der Waals surface area contributed by atoms with Crippen LogP contribution in [0.1, 0.15) is 59.2 Å². The van der Waals surface area contributed by atoms with Crippen LogP contribution in [0.5, 0.6) is 0 Å². The first-order valence-electron chi connectivity index (χ1n) is 7.98. The van der Waals surface area contributed by atoms with Gasteiger partial charge in [-0.15, -0.1) is 0 Å². The Morgan fingerprint density at radius 2 is 1.81 bits per heavy atom. The lowest BCUT2D eigenvalue weighted by Crippen LogP contribution is -2.27. The van der Waals surface area contributed by atoms with Crippen molar-refractivity contribution in [1.82, 2.24) is 9.97 Å². The molecular weight excluding hydrogens is 264 g/mol. The zero-order valence-electron chi connectivity index (χ0n) is 14.0. The summed E-state index contributed by atoms with van der Waals surface area (Å²) in [6.07, 6.45) is 1.78. The zero-order valence-corrected chi connectivity index (χ0v) is 14.0. The second-order valence-electron chi connectivity index (χ2n) is 6.09. The summed E-state index contributed by atoms with van der Waals surface area (Å²) in [5, 5.41) is 16.0. The van der Waals surface area contributed by atoms with E-state index in [0.29, 0.717) is 5.92 Å². The molecule has 1 aromatic rings. The average molecular weight is 294 g/mol. The van der Waals surface area contributed by atoms with Gasteiger partial charge in [-0.05, 0) is 18.8 Å². The fourth-order valence-electron chi connectivity index (χ4n) is 2.04. The number of aliphatic hydroxyl groups is 1. The number of aliphatic hydroxyl groups excluding tert-OH is 1. The molecule has 5 nitrogen and oxygen atoms in total. The molecule has 0 aliphatic heterocycles. The molecule has 0 aromatic carbocycles. The van der Waals surface area contributed by atoms with Gasteiger partial charge in [0.25, 0.3) is 0 Å². The smallest absolute Gasteiger partial charge is 0.135 e. The van der Waals surface area contributed by atoms with Gasteiger partial charge in [-0.25, -0.2) is 9.97 Å². The molecule has 0 fully saturated rings. The van der Waals surface area contributed by atoms with Gasteiger partial charge in [0.1, 0.15) is 17.5 Å². The summed E-state index contributed by atoms with van der Waals surface area (Å²) in [4.78, 5) is 9.16. The number of nitrogens with one attached hydrogen (secondary N) is 2. The SMILES string of the molecule is CCCNc1cc(NC(CCO)C(C)C)nc(C(C)C)n1. The van der Waals surface area contributed by atoms with E-state index in [9.17, 15) is 5.11 Å². The minimum Gasteiger partial charge on any atom is -0.396 e. The van der Waals surface area contributed by atoms with Crippen LogP contribution in [0.3, 0.4) is 0 Å². The van der Waals surface area contributed by atoms with Crippen molar-refractivity contribution in [3.8, 4) is 0 Å². The van der Waals surface area contributed by atoms with Gasteiger partial charge in [-0.3, -0.25) is 0 Å². The highest BCUT2D eigenvalue weighted by atomic mass is 16.3. The lowest BCUT2D eigenvalue weighted by molar-refractivity contribution is 0.267. The maximum atomic E-state index is 9.19. The topological polar surface area (TPSA) is 70.1 Å². The Hall–Kier alpha value is -1.36. The molecule has 1 heterocycles. The lowest BCUT2D eigenvalue weighted by Gasteiger charge is -2.23. The quantitative estimate of drug-likeness (QED) is 0.652. The summed E-state index contributed by atoms with van der Waals surface area (Å²) in [7, 11) is 0. The summed E-state index contributed by atoms with van der Waals surface area (Å²) < 4.78 is 0. The highest BCUT2D eigenvalue weighted by Crippen LogP contribution is 2.20. The molecule has 21 heavy (non-hydrogen) atoms. The summed E-state index contributed by atoms with van der Waals surface area (Å²) >= 11 is 0. The van der Waals surface area contributed by atoms with Crippen LogP contribution in [-0.4, -0.2) is 34.3 Å². The zero-order chi connectivity index (χ0) is 15.8. The first kappa shape index (κ1) is 17.7. The lowest BCUT2D eigenvalue weighted by atomic mass is 10.0. The maximum absolute atomic E-state index is 9.19. The Morgan fingerprint density at radius 3 is 2.33 bits per heavy atom. The number of hydrogen-bond donors (Lipinski definition) is 3. The van der Waals surface area contributed by atoms with Crippen molar-refractivity contribution in [2.24, 2.45) is 5.92 Å². The Kier molecular flexibility index (Phi) is 7.43. The number of nitrogens with zero attached hydrogens (tertiary/aromatic N) is 2. The second kappa shape index (κ2) is 8.82. The van der Waals surface area contributed by atoms with E-state index >= 15 is 0 Å². The summed E-state index contributed by atoms with van der Waals surface area (Å²) in [6.45, 7) is 11.7. The van der Waals surface area contributed by atoms with Crippen LogP contribution in [0, 0.1) is 5.92 Å². The standard InChI is InChI=1S/C16H30N4O/c1-6-8-17-14-10-15(20-16(19-14)12(4)5)18-13(7-9-21)11(2)3/h10-13,21H,6-9H2,1-5H3,(H2,17,18,19,20). The molecule has 0 saturated carbocycles. The third-order valence-corrected chi connectivity index (χ3v) is 3.39. The van der Waals surface area contributed by atoms with Crippen molar-refractivity contribution < 1.29 is 5.11 Å². The maximum Gasteiger partial charge on any atom is 0.135 e. The van der Waals surface area contributed by atoms with Crippen molar-refractivity contribution in [3.05, 3.63) is 11.9 Å². The van der Waals surface area contributed by atoms with Crippen LogP contribution >= 0.6 is 0 Å². The van der Waals surface area contributed by atoms with E-state index in [1.165, 1.54) is 0 Å². The Morgan fingerprint density at radius 1 is 1.14 bits per heavy atom. The number of anilines is 2. The molecule has 0 aliphatic rings. The second-order valence-corrected chi connectivity index (χ2v) is 6.09. The van der Waals surface area contributed by atoms with Crippen LogP contribution in [0.4, 0.5) is 11.6 Å². The molecule has 1 atom stereocenters. The summed E-state index contributed by atoms with van der Waals surface area (Å²) in [5.74, 6) is 3.25. The van der Waals surface area contributed by atoms with Gasteiger partial charge < -0.3 is 15.7 Å². The van der Waals surface area contributed by atoms with Crippen molar-refractivity contribution in [2.45, 2.75) is 59.4 Å². The van der Waals surface area contributed by atoms with Crippen LogP contribution in [0.15, 0.2) is 6.07 Å². The first-order chi connectivity index (χ1) is 9.97. The third kappa shape index (κ3) is 5.87. The molecular formula is C16H30N4O. The number of hydrogen-bond acceptors (Lipinski definition) is 5. The largest absolute Gasteiger partial charge is 0.396 e. The normalized spacial score (nSPS) is 12.8. The predicted octanol–water partition coefficient (Wildman–Crippen LogP) is 3.24. The van der Waals surface area contributed by atoms with E-state index in [-0.39, 0.29) is 18.6 Å². The molecule has 120 valence electrons. The van der Waals surface area contributed by atoms with Gasteiger partial charge in [0.15, 0.2) is 0 Å². The van der Waals surface area contributed by atoms with Gasteiger partial charge in [0, 0.05) is 31.2 Å². The fraction of sp³-hybridized carbons (Fsp3) is 0.750. The third-order valence-electron chi connectivity index (χ3n) is 3.39. The van der Waals surface area contributed by atoms with Crippen LogP contribution in [0.2, 0.25) is 0 Å². The molecule has 1 rings (SSSR count). The van der Waals surface area contributed by atoms with E-state index in [1.807, 2.05) is 6.07 Å². The molecule has 0 spiro atoms. The first-order valence-corrected chi connectivity index (χ1v) is 7.98. The minimum atomic E-state index is 0.179. The molecule has 0 amide bonds. The molecule has 1 unspecified atom stereocenters. The average Bonchev–Trinajstić information content (AvgIpc) is 2.44. The molecule has 0 bridgehead atoms. The van der Waals surface area contributed by atoms with E-state index in [0.717, 1.165) is 36.8 Å². The fourth-order valence-corrected chi connectivity index (χ4v) is 2.04. The highest BCUT2D eigenvalue weighted by Gasteiger charge is 2.15. The highest BCUT2D eigenvalue weighted by molar-refractivity contribution is 5.48. The van der Waals surface area contributed by atoms with Gasteiger partial charge in [-0.2, -0.15) is 0 Å². The Labute approximate surface area is 128 Å². The van der Waals surface area contributed by atoms with E-state index in [2.05, 4.69) is 55.2 Å². The van der Waals surface area contributed by atoms with Crippen LogP contribution < -0.4 is 10.6 Å². The van der Waals surface area contributed by atoms with Crippen molar-refractivity contribution in [2.75, 3.05) is 23.8 Å². The Balaban J connectivity index is 2.95. The van der Waals surface area contributed by atoms with E-state index in [4.69, 9.17) is 0 Å². The van der Waals surface area contributed by atoms with Crippen molar-refractivity contribution in [1.29, 1.82) is 0 Å². The molecule has 0 aliphatic carbocycles. The number of aromatic nitrogens is 2.